The third-order valence-corrected chi connectivity index (χ3v) is 5.81. The molecule has 1 amide bonds. The van der Waals surface area contributed by atoms with Gasteiger partial charge in [0, 0.05) is 23.7 Å². The number of ketones is 1. The SMILES string of the molecule is CSCCC(NC(=O)c1ccc(C(=O)[C@@H](N)Cc2c[nH]cn2)cc1-c1ccccc1)C(=O)O.Cl. The second kappa shape index (κ2) is 12.9. The summed E-state index contributed by atoms with van der Waals surface area (Å²) in [7, 11) is 0. The Morgan fingerprint density at radius 2 is 1.91 bits per heavy atom. The number of rotatable bonds is 11. The number of nitrogens with two attached hydrogens (primary N) is 1. The van der Waals surface area contributed by atoms with Gasteiger partial charge in [-0.1, -0.05) is 36.4 Å². The lowest BCUT2D eigenvalue weighted by Crippen LogP contribution is -2.41. The number of nitrogens with zero attached hydrogens (tertiary/aromatic N) is 1. The van der Waals surface area contributed by atoms with E-state index in [9.17, 15) is 19.5 Å². The number of imidazole rings is 1. The number of carbonyl (C=O) groups is 3. The number of carbonyl (C=O) groups excluding carboxylic acids is 2. The standard InChI is InChI=1S/C24H26N4O4S.ClH/c1-33-10-9-21(24(31)32)28-23(30)18-8-7-16(11-19(18)15-5-3-2-4-6-15)22(29)20(25)12-17-13-26-14-27-17;/h2-8,11,13-14,20-21H,9-10,12,25H2,1H3,(H,26,27)(H,28,30)(H,31,32);1H/t20-,21?;/m0./s1. The number of thioether (sulfide) groups is 1. The number of hydrogen-bond acceptors (Lipinski definition) is 6. The van der Waals surface area contributed by atoms with E-state index in [1.807, 2.05) is 36.6 Å². The molecule has 8 nitrogen and oxygen atoms in total. The van der Waals surface area contributed by atoms with Crippen LogP contribution >= 0.6 is 24.2 Å². The molecule has 1 heterocycles. The van der Waals surface area contributed by atoms with Crippen molar-refractivity contribution in [3.63, 3.8) is 0 Å². The van der Waals surface area contributed by atoms with E-state index in [1.165, 1.54) is 18.1 Å². The molecule has 0 aliphatic heterocycles. The molecule has 0 saturated carbocycles. The van der Waals surface area contributed by atoms with Crippen molar-refractivity contribution in [1.82, 2.24) is 15.3 Å². The second-order valence-corrected chi connectivity index (χ2v) is 8.49. The number of benzene rings is 2. The molecule has 0 fully saturated rings. The highest BCUT2D eigenvalue weighted by molar-refractivity contribution is 7.98. The third kappa shape index (κ3) is 6.93. The van der Waals surface area contributed by atoms with Gasteiger partial charge in [0.05, 0.1) is 18.1 Å². The van der Waals surface area contributed by atoms with Crippen LogP contribution in [0, 0.1) is 0 Å². The fraction of sp³-hybridized carbons (Fsp3) is 0.250. The second-order valence-electron chi connectivity index (χ2n) is 7.51. The van der Waals surface area contributed by atoms with Gasteiger partial charge in [0.1, 0.15) is 6.04 Å². The minimum absolute atomic E-state index is 0. The Bertz CT molecular complexity index is 1110. The zero-order valence-electron chi connectivity index (χ0n) is 18.6. The topological polar surface area (TPSA) is 138 Å². The zero-order chi connectivity index (χ0) is 23.8. The van der Waals surface area contributed by atoms with E-state index in [-0.39, 0.29) is 30.2 Å². The average Bonchev–Trinajstić information content (AvgIpc) is 3.34. The number of halogens is 1. The van der Waals surface area contributed by atoms with Crippen LogP contribution in [0.5, 0.6) is 0 Å². The summed E-state index contributed by atoms with van der Waals surface area (Å²) in [6.45, 7) is 0. The summed E-state index contributed by atoms with van der Waals surface area (Å²) in [5.41, 5.74) is 8.71. The normalized spacial score (nSPS) is 12.3. The van der Waals surface area contributed by atoms with Gasteiger partial charge in [-0.25, -0.2) is 9.78 Å². The van der Waals surface area contributed by atoms with Crippen LogP contribution in [-0.4, -0.2) is 56.8 Å². The van der Waals surface area contributed by atoms with E-state index in [2.05, 4.69) is 15.3 Å². The number of aromatic nitrogens is 2. The van der Waals surface area contributed by atoms with Crippen molar-refractivity contribution in [2.24, 2.45) is 5.73 Å². The molecule has 34 heavy (non-hydrogen) atoms. The van der Waals surface area contributed by atoms with Crippen molar-refractivity contribution in [2.45, 2.75) is 24.9 Å². The summed E-state index contributed by atoms with van der Waals surface area (Å²) in [4.78, 5) is 44.5. The number of amides is 1. The molecule has 10 heteroatoms. The number of Topliss-reactive ketones (excluding diaryl/α,β-unsaturated/α-hetero) is 1. The predicted octanol–water partition coefficient (Wildman–Crippen LogP) is 3.19. The Labute approximate surface area is 208 Å². The summed E-state index contributed by atoms with van der Waals surface area (Å²) in [5, 5.41) is 12.1. The maximum atomic E-state index is 13.0. The van der Waals surface area contributed by atoms with Gasteiger partial charge in [-0.2, -0.15) is 11.8 Å². The maximum absolute atomic E-state index is 13.0. The van der Waals surface area contributed by atoms with Crippen LogP contribution in [0.4, 0.5) is 0 Å². The van der Waals surface area contributed by atoms with Crippen molar-refractivity contribution in [1.29, 1.82) is 0 Å². The van der Waals surface area contributed by atoms with Crippen molar-refractivity contribution in [3.05, 3.63) is 77.9 Å². The van der Waals surface area contributed by atoms with Crippen LogP contribution < -0.4 is 11.1 Å². The zero-order valence-corrected chi connectivity index (χ0v) is 20.2. The Morgan fingerprint density at radius 3 is 2.53 bits per heavy atom. The molecule has 180 valence electrons. The molecule has 0 spiro atoms. The molecule has 1 aromatic heterocycles. The quantitative estimate of drug-likeness (QED) is 0.295. The lowest BCUT2D eigenvalue weighted by molar-refractivity contribution is -0.139. The van der Waals surface area contributed by atoms with Crippen molar-refractivity contribution in [3.8, 4) is 11.1 Å². The molecule has 0 radical (unpaired) electrons. The van der Waals surface area contributed by atoms with Gasteiger partial charge < -0.3 is 21.1 Å². The minimum Gasteiger partial charge on any atom is -0.480 e. The Morgan fingerprint density at radius 1 is 1.18 bits per heavy atom. The molecule has 3 aromatic rings. The lowest BCUT2D eigenvalue weighted by atomic mass is 9.93. The first-order valence-corrected chi connectivity index (χ1v) is 11.8. The van der Waals surface area contributed by atoms with Crippen molar-refractivity contribution >= 4 is 41.8 Å². The first kappa shape index (κ1) is 27.1. The number of aliphatic carboxylic acids is 1. The number of nitrogens with one attached hydrogen (secondary N) is 2. The highest BCUT2D eigenvalue weighted by Crippen LogP contribution is 2.26. The highest BCUT2D eigenvalue weighted by Gasteiger charge is 2.24. The fourth-order valence-corrected chi connectivity index (χ4v) is 3.89. The number of H-pyrrole nitrogens is 1. The highest BCUT2D eigenvalue weighted by atomic mass is 35.5. The van der Waals surface area contributed by atoms with Gasteiger partial charge in [-0.15, -0.1) is 12.4 Å². The molecule has 2 aromatic carbocycles. The van der Waals surface area contributed by atoms with Crippen LogP contribution in [-0.2, 0) is 11.2 Å². The van der Waals surface area contributed by atoms with Crippen LogP contribution in [0.15, 0.2) is 61.1 Å². The van der Waals surface area contributed by atoms with E-state index in [0.29, 0.717) is 29.0 Å². The van der Waals surface area contributed by atoms with Crippen molar-refractivity contribution in [2.75, 3.05) is 12.0 Å². The van der Waals surface area contributed by atoms with Crippen LogP contribution in [0.1, 0.15) is 32.8 Å². The van der Waals surface area contributed by atoms with Crippen LogP contribution in [0.2, 0.25) is 0 Å². The third-order valence-electron chi connectivity index (χ3n) is 5.17. The van der Waals surface area contributed by atoms with Gasteiger partial charge in [0.2, 0.25) is 0 Å². The largest absolute Gasteiger partial charge is 0.480 e. The van der Waals surface area contributed by atoms with Crippen LogP contribution in [0.3, 0.4) is 0 Å². The van der Waals surface area contributed by atoms with E-state index in [4.69, 9.17) is 5.73 Å². The van der Waals surface area contributed by atoms with E-state index >= 15 is 0 Å². The lowest BCUT2D eigenvalue weighted by Gasteiger charge is -2.17. The molecule has 0 aliphatic carbocycles. The van der Waals surface area contributed by atoms with E-state index in [0.717, 1.165) is 5.56 Å². The molecule has 3 rings (SSSR count). The number of hydrogen-bond donors (Lipinski definition) is 4. The number of carboxylic acid groups (broad SMARTS) is 1. The summed E-state index contributed by atoms with van der Waals surface area (Å²) < 4.78 is 0. The smallest absolute Gasteiger partial charge is 0.326 e. The average molecular weight is 503 g/mol. The van der Waals surface area contributed by atoms with E-state index < -0.39 is 24.0 Å². The Hall–Kier alpha value is -3.14. The van der Waals surface area contributed by atoms with Gasteiger partial charge in [0.25, 0.3) is 5.91 Å². The number of carboxylic acids is 1. The monoisotopic (exact) mass is 502 g/mol. The molecule has 1 unspecified atom stereocenters. The number of aromatic amines is 1. The van der Waals surface area contributed by atoms with Crippen molar-refractivity contribution < 1.29 is 19.5 Å². The molecule has 0 bridgehead atoms. The molecule has 2 atom stereocenters. The minimum atomic E-state index is -1.09. The predicted molar refractivity (Wildman–Crippen MR) is 136 cm³/mol. The van der Waals surface area contributed by atoms with E-state index in [1.54, 1.807) is 24.4 Å². The van der Waals surface area contributed by atoms with Gasteiger partial charge >= 0.3 is 5.97 Å². The van der Waals surface area contributed by atoms with Gasteiger partial charge in [-0.3, -0.25) is 9.59 Å². The summed E-state index contributed by atoms with van der Waals surface area (Å²) in [6, 6.07) is 12.1. The first-order valence-electron chi connectivity index (χ1n) is 10.4. The fourth-order valence-electron chi connectivity index (χ4n) is 3.42. The first-order chi connectivity index (χ1) is 15.9. The van der Waals surface area contributed by atoms with Gasteiger partial charge in [0.15, 0.2) is 5.78 Å². The van der Waals surface area contributed by atoms with Crippen LogP contribution in [0.25, 0.3) is 11.1 Å². The summed E-state index contributed by atoms with van der Waals surface area (Å²) >= 11 is 1.51. The summed E-state index contributed by atoms with van der Waals surface area (Å²) in [5.74, 6) is -1.27. The molecular formula is C24H27ClN4O4S. The molecular weight excluding hydrogens is 476 g/mol. The molecule has 5 N–H and O–H groups in total. The molecule has 0 aliphatic rings. The molecule has 0 saturated heterocycles. The van der Waals surface area contributed by atoms with Gasteiger partial charge in [-0.05, 0) is 41.7 Å². The Kier molecular flexibility index (Phi) is 10.3. The Balaban J connectivity index is 0.00000408. The maximum Gasteiger partial charge on any atom is 0.326 e. The summed E-state index contributed by atoms with van der Waals surface area (Å²) in [6.07, 6.45) is 5.67.